The molecule has 0 bridgehead atoms. The first-order valence-corrected chi connectivity index (χ1v) is 12.1. The zero-order chi connectivity index (χ0) is 24.8. The first-order chi connectivity index (χ1) is 16.9. The van der Waals surface area contributed by atoms with Crippen LogP contribution < -0.4 is 16.4 Å². The highest BCUT2D eigenvalue weighted by atomic mass is 79.9. The Bertz CT molecular complexity index is 1210. The van der Waals surface area contributed by atoms with Crippen molar-refractivity contribution in [3.63, 3.8) is 0 Å². The zero-order valence-electron chi connectivity index (χ0n) is 19.0. The van der Waals surface area contributed by atoms with Gasteiger partial charge in [0.25, 0.3) is 0 Å². The third kappa shape index (κ3) is 6.57. The van der Waals surface area contributed by atoms with Gasteiger partial charge in [-0.15, -0.1) is 0 Å². The number of halogens is 1. The smallest absolute Gasteiger partial charge is 0.248 e. The van der Waals surface area contributed by atoms with Crippen LogP contribution in [0.3, 0.4) is 0 Å². The predicted molar refractivity (Wildman–Crippen MR) is 143 cm³/mol. The molecule has 3 aromatic carbocycles. The molecule has 1 fully saturated rings. The molecule has 35 heavy (non-hydrogen) atoms. The second-order valence-corrected chi connectivity index (χ2v) is 9.33. The van der Waals surface area contributed by atoms with Crippen LogP contribution in [0.2, 0.25) is 0 Å². The monoisotopic (exact) mass is 534 g/mol. The van der Waals surface area contributed by atoms with Crippen LogP contribution in [0, 0.1) is 0 Å². The summed E-state index contributed by atoms with van der Waals surface area (Å²) >= 11 is 3.40. The molecule has 7 nitrogen and oxygen atoms in total. The Morgan fingerprint density at radius 2 is 1.74 bits per heavy atom. The summed E-state index contributed by atoms with van der Waals surface area (Å²) in [5.41, 5.74) is 9.26. The van der Waals surface area contributed by atoms with E-state index >= 15 is 0 Å². The van der Waals surface area contributed by atoms with Crippen LogP contribution in [-0.4, -0.2) is 41.0 Å². The topological polar surface area (TPSA) is 108 Å². The molecular formula is C27H27BrN4O3. The number of hydrogen-bond acceptors (Lipinski definition) is 5. The number of para-hydroxylation sites is 2. The van der Waals surface area contributed by atoms with E-state index in [2.05, 4.69) is 26.6 Å². The van der Waals surface area contributed by atoms with E-state index in [9.17, 15) is 14.7 Å². The maximum atomic E-state index is 13.3. The average Bonchev–Trinajstić information content (AvgIpc) is 3.27. The van der Waals surface area contributed by atoms with Gasteiger partial charge < -0.3 is 21.5 Å². The molecule has 1 aliphatic heterocycles. The summed E-state index contributed by atoms with van der Waals surface area (Å²) in [7, 11) is 0. The van der Waals surface area contributed by atoms with Crippen LogP contribution in [0.5, 0.6) is 0 Å². The Balaban J connectivity index is 1.47. The summed E-state index contributed by atoms with van der Waals surface area (Å²) < 4.78 is 0.930. The molecular weight excluding hydrogens is 508 g/mol. The molecule has 0 radical (unpaired) electrons. The minimum absolute atomic E-state index is 0.162. The van der Waals surface area contributed by atoms with Gasteiger partial charge in [-0.25, -0.2) is 0 Å². The summed E-state index contributed by atoms with van der Waals surface area (Å²) in [5, 5.41) is 15.8. The summed E-state index contributed by atoms with van der Waals surface area (Å²) in [6, 6.07) is 21.4. The molecule has 1 unspecified atom stereocenters. The van der Waals surface area contributed by atoms with Crippen LogP contribution >= 0.6 is 15.9 Å². The van der Waals surface area contributed by atoms with Gasteiger partial charge >= 0.3 is 0 Å². The van der Waals surface area contributed by atoms with Crippen molar-refractivity contribution in [3.8, 4) is 0 Å². The first-order valence-electron chi connectivity index (χ1n) is 11.3. The van der Waals surface area contributed by atoms with E-state index in [0.717, 1.165) is 15.6 Å². The number of hydrogen-bond donors (Lipinski definition) is 4. The highest BCUT2D eigenvalue weighted by molar-refractivity contribution is 9.10. The molecule has 2 atom stereocenters. The van der Waals surface area contributed by atoms with E-state index in [0.29, 0.717) is 36.6 Å². The summed E-state index contributed by atoms with van der Waals surface area (Å²) in [5.74, 6) is -0.450. The van der Waals surface area contributed by atoms with Gasteiger partial charge in [0.15, 0.2) is 0 Å². The Hall–Kier alpha value is -3.46. The van der Waals surface area contributed by atoms with E-state index in [1.165, 1.54) is 6.08 Å². The van der Waals surface area contributed by atoms with Crippen LogP contribution in [0.15, 0.2) is 83.3 Å². The van der Waals surface area contributed by atoms with E-state index in [4.69, 9.17) is 5.73 Å². The third-order valence-corrected chi connectivity index (χ3v) is 6.35. The lowest BCUT2D eigenvalue weighted by Gasteiger charge is -2.27. The van der Waals surface area contributed by atoms with Crippen molar-refractivity contribution in [2.24, 2.45) is 0 Å². The number of benzene rings is 3. The number of carbonyl (C=O) groups excluding carboxylic acids is 2. The standard InChI is InChI=1S/C27H27BrN4O3/c28-20-10-12-21(13-11-20)30-27(35)26(32-16-15-22(33)17-32)19-8-5-18(6-9-19)7-14-25(34)31-24-4-2-1-3-23(24)29/h1-14,22,26,33H,15-17,29H2,(H,30,35)(H,31,34)/b14-7+/t22-,26?/m1/s1. The summed E-state index contributed by atoms with van der Waals surface area (Å²) in [6.07, 6.45) is 3.33. The van der Waals surface area contributed by atoms with Crippen molar-refractivity contribution in [2.75, 3.05) is 29.5 Å². The second-order valence-electron chi connectivity index (χ2n) is 8.41. The van der Waals surface area contributed by atoms with Gasteiger partial charge in [0, 0.05) is 29.3 Å². The number of nitrogens with one attached hydrogen (secondary N) is 2. The highest BCUT2D eigenvalue weighted by Crippen LogP contribution is 2.28. The molecule has 0 spiro atoms. The molecule has 1 saturated heterocycles. The predicted octanol–water partition coefficient (Wildman–Crippen LogP) is 4.43. The number of nitrogen functional groups attached to an aromatic ring is 1. The number of anilines is 3. The van der Waals surface area contributed by atoms with Gasteiger partial charge in [0.05, 0.1) is 17.5 Å². The van der Waals surface area contributed by atoms with Crippen molar-refractivity contribution in [3.05, 3.63) is 94.5 Å². The van der Waals surface area contributed by atoms with E-state index in [1.807, 2.05) is 53.4 Å². The fourth-order valence-corrected chi connectivity index (χ4v) is 4.29. The van der Waals surface area contributed by atoms with Crippen molar-refractivity contribution in [2.45, 2.75) is 18.6 Å². The Morgan fingerprint density at radius 1 is 1.03 bits per heavy atom. The Labute approximate surface area is 212 Å². The van der Waals surface area contributed by atoms with E-state index < -0.39 is 12.1 Å². The molecule has 3 aromatic rings. The number of likely N-dealkylation sites (tertiary alicyclic amines) is 1. The molecule has 0 aromatic heterocycles. The number of β-amino-alcohol motifs (C(OH)–C–C–N with tert-alkyl or cyclic N) is 1. The maximum absolute atomic E-state index is 13.3. The van der Waals surface area contributed by atoms with Crippen LogP contribution in [-0.2, 0) is 9.59 Å². The fourth-order valence-electron chi connectivity index (χ4n) is 4.02. The van der Waals surface area contributed by atoms with Gasteiger partial charge in [0.1, 0.15) is 6.04 Å². The van der Waals surface area contributed by atoms with E-state index in [1.54, 1.807) is 30.3 Å². The Kier molecular flexibility index (Phi) is 7.97. The number of amides is 2. The molecule has 8 heteroatoms. The SMILES string of the molecule is Nc1ccccc1NC(=O)/C=C/c1ccc(C(C(=O)Nc2ccc(Br)cc2)N2CC[C@@H](O)C2)cc1. The van der Waals surface area contributed by atoms with Gasteiger partial charge in [-0.2, -0.15) is 0 Å². The van der Waals surface area contributed by atoms with E-state index in [-0.39, 0.29) is 11.8 Å². The number of rotatable bonds is 7. The molecule has 1 heterocycles. The lowest BCUT2D eigenvalue weighted by Crippen LogP contribution is -2.36. The largest absolute Gasteiger partial charge is 0.397 e. The average molecular weight is 535 g/mol. The van der Waals surface area contributed by atoms with Gasteiger partial charge in [-0.05, 0) is 60.0 Å². The van der Waals surface area contributed by atoms with Crippen LogP contribution in [0.25, 0.3) is 6.08 Å². The number of nitrogens with two attached hydrogens (primary N) is 1. The fraction of sp³-hybridized carbons (Fsp3) is 0.185. The van der Waals surface area contributed by atoms with Crippen molar-refractivity contribution >= 4 is 50.9 Å². The normalized spacial score (nSPS) is 16.8. The summed E-state index contributed by atoms with van der Waals surface area (Å²) in [6.45, 7) is 1.06. The Morgan fingerprint density at radius 3 is 2.40 bits per heavy atom. The molecule has 0 saturated carbocycles. The number of carbonyl (C=O) groups is 2. The van der Waals surface area contributed by atoms with Gasteiger partial charge in [-0.3, -0.25) is 14.5 Å². The molecule has 4 rings (SSSR count). The van der Waals surface area contributed by atoms with Crippen LogP contribution in [0.4, 0.5) is 17.1 Å². The second kappa shape index (κ2) is 11.3. The third-order valence-electron chi connectivity index (χ3n) is 5.82. The van der Waals surface area contributed by atoms with Gasteiger partial charge in [-0.1, -0.05) is 52.3 Å². The minimum atomic E-state index is -0.543. The molecule has 1 aliphatic rings. The quantitative estimate of drug-likeness (QED) is 0.265. The van der Waals surface area contributed by atoms with Gasteiger partial charge in [0.2, 0.25) is 11.8 Å². The number of aliphatic hydroxyl groups is 1. The lowest BCUT2D eigenvalue weighted by atomic mass is 10.0. The lowest BCUT2D eigenvalue weighted by molar-refractivity contribution is -0.121. The van der Waals surface area contributed by atoms with Crippen LogP contribution in [0.1, 0.15) is 23.6 Å². The molecule has 2 amide bonds. The zero-order valence-corrected chi connectivity index (χ0v) is 20.6. The summed E-state index contributed by atoms with van der Waals surface area (Å²) in [4.78, 5) is 27.5. The maximum Gasteiger partial charge on any atom is 0.248 e. The minimum Gasteiger partial charge on any atom is -0.397 e. The van der Waals surface area contributed by atoms with Crippen molar-refractivity contribution in [1.82, 2.24) is 4.90 Å². The van der Waals surface area contributed by atoms with Crippen molar-refractivity contribution in [1.29, 1.82) is 0 Å². The molecule has 180 valence electrons. The molecule has 5 N–H and O–H groups in total. The number of nitrogens with zero attached hydrogens (tertiary/aromatic N) is 1. The highest BCUT2D eigenvalue weighted by Gasteiger charge is 2.33. The molecule has 0 aliphatic carbocycles. The first kappa shape index (κ1) is 24.7. The van der Waals surface area contributed by atoms with Crippen molar-refractivity contribution < 1.29 is 14.7 Å². The number of aliphatic hydroxyl groups excluding tert-OH is 1.